The number of nitrogens with one attached hydrogen (secondary N) is 1. The Hall–Kier alpha value is -3.61. The molecule has 34 heavy (non-hydrogen) atoms. The molecule has 1 aliphatic carbocycles. The highest BCUT2D eigenvalue weighted by molar-refractivity contribution is 5.90. The molecule has 2 aromatic carbocycles. The van der Waals surface area contributed by atoms with Crippen LogP contribution in [0.15, 0.2) is 61.2 Å². The molecule has 0 spiro atoms. The first-order valence-corrected chi connectivity index (χ1v) is 11.7. The average molecular weight is 463 g/mol. The minimum atomic E-state index is -1.03. The summed E-state index contributed by atoms with van der Waals surface area (Å²) in [5, 5.41) is 12.3. The van der Waals surface area contributed by atoms with Gasteiger partial charge in [-0.2, -0.15) is 0 Å². The van der Waals surface area contributed by atoms with E-state index < -0.39 is 30.1 Å². The molecule has 1 saturated heterocycles. The summed E-state index contributed by atoms with van der Waals surface area (Å²) in [6, 6.07) is 14.3. The Labute approximate surface area is 199 Å². The van der Waals surface area contributed by atoms with Gasteiger partial charge in [-0.15, -0.1) is 6.58 Å². The van der Waals surface area contributed by atoms with Gasteiger partial charge in [-0.1, -0.05) is 61.5 Å². The largest absolute Gasteiger partial charge is 0.480 e. The third-order valence-electron chi connectivity index (χ3n) is 6.81. The maximum Gasteiger partial charge on any atom is 0.407 e. The second kappa shape index (κ2) is 10.1. The van der Waals surface area contributed by atoms with Crippen LogP contribution in [0.25, 0.3) is 11.1 Å². The summed E-state index contributed by atoms with van der Waals surface area (Å²) >= 11 is 0. The molecule has 0 saturated carbocycles. The van der Waals surface area contributed by atoms with Gasteiger partial charge in [-0.05, 0) is 47.4 Å². The minimum absolute atomic E-state index is 0.0916. The van der Waals surface area contributed by atoms with Gasteiger partial charge in [0.2, 0.25) is 5.91 Å². The van der Waals surface area contributed by atoms with E-state index in [0.717, 1.165) is 35.1 Å². The summed E-state index contributed by atoms with van der Waals surface area (Å²) in [5.74, 6) is -1.70. The van der Waals surface area contributed by atoms with Gasteiger partial charge in [-0.3, -0.25) is 4.79 Å². The second-order valence-corrected chi connectivity index (χ2v) is 8.98. The number of likely N-dealkylation sites (tertiary alicyclic amines) is 1. The topological polar surface area (TPSA) is 95.9 Å². The summed E-state index contributed by atoms with van der Waals surface area (Å²) < 4.78 is 5.58. The Morgan fingerprint density at radius 1 is 1.15 bits per heavy atom. The Bertz CT molecular complexity index is 1050. The summed E-state index contributed by atoms with van der Waals surface area (Å²) in [6.07, 6.45) is 2.48. The first-order chi connectivity index (χ1) is 16.4. The number of piperidine rings is 1. The van der Waals surface area contributed by atoms with Gasteiger partial charge in [0.1, 0.15) is 18.7 Å². The number of carboxylic acid groups (broad SMARTS) is 1. The molecule has 178 valence electrons. The third kappa shape index (κ3) is 4.55. The van der Waals surface area contributed by atoms with Crippen molar-refractivity contribution in [1.82, 2.24) is 10.2 Å². The number of carbonyl (C=O) groups is 3. The molecule has 1 heterocycles. The lowest BCUT2D eigenvalue weighted by Crippen LogP contribution is -2.57. The smallest absolute Gasteiger partial charge is 0.407 e. The van der Waals surface area contributed by atoms with Crippen LogP contribution in [-0.4, -0.2) is 53.2 Å². The Balaban J connectivity index is 1.44. The third-order valence-corrected chi connectivity index (χ3v) is 6.81. The number of nitrogens with zero attached hydrogens (tertiary/aromatic N) is 1. The number of carboxylic acids is 1. The zero-order chi connectivity index (χ0) is 24.2. The molecule has 2 N–H and O–H groups in total. The van der Waals surface area contributed by atoms with Crippen LogP contribution in [0.2, 0.25) is 0 Å². The SMILES string of the molecule is C=CCC(NC(=O)OCC1c2ccccc2-c2ccccc21)C(=O)N1CCCC(C)C1C(=O)O. The van der Waals surface area contributed by atoms with Crippen molar-refractivity contribution in [3.8, 4) is 11.1 Å². The highest BCUT2D eigenvalue weighted by Gasteiger charge is 2.39. The summed E-state index contributed by atoms with van der Waals surface area (Å²) in [5.41, 5.74) is 4.46. The first kappa shape index (κ1) is 23.5. The second-order valence-electron chi connectivity index (χ2n) is 8.98. The van der Waals surface area contributed by atoms with E-state index in [9.17, 15) is 19.5 Å². The standard InChI is InChI=1S/C27H30N2O5/c1-3-9-23(25(30)29-15-8-10-17(2)24(29)26(31)32)28-27(33)34-16-22-20-13-6-4-11-18(20)19-12-5-7-14-21(19)22/h3-7,11-14,17,22-24H,1,8-10,15-16H2,2H3,(H,28,33)(H,31,32). The van der Waals surface area contributed by atoms with E-state index in [1.165, 1.54) is 11.0 Å². The lowest BCUT2D eigenvalue weighted by atomic mass is 9.90. The van der Waals surface area contributed by atoms with Crippen LogP contribution >= 0.6 is 0 Å². The Morgan fingerprint density at radius 3 is 2.35 bits per heavy atom. The fraction of sp³-hybridized carbons (Fsp3) is 0.370. The van der Waals surface area contributed by atoms with Gasteiger partial charge in [0.25, 0.3) is 0 Å². The monoisotopic (exact) mass is 462 g/mol. The van der Waals surface area contributed by atoms with Crippen molar-refractivity contribution in [1.29, 1.82) is 0 Å². The molecule has 2 aromatic rings. The Kier molecular flexibility index (Phi) is 7.01. The van der Waals surface area contributed by atoms with Crippen LogP contribution < -0.4 is 5.32 Å². The van der Waals surface area contributed by atoms with Crippen LogP contribution in [0.5, 0.6) is 0 Å². The van der Waals surface area contributed by atoms with Crippen LogP contribution in [-0.2, 0) is 14.3 Å². The van der Waals surface area contributed by atoms with Crippen LogP contribution in [0.1, 0.15) is 43.2 Å². The number of hydrogen-bond donors (Lipinski definition) is 2. The number of rotatable bonds is 7. The molecule has 3 unspecified atom stereocenters. The van der Waals surface area contributed by atoms with Crippen LogP contribution in [0, 0.1) is 5.92 Å². The molecule has 2 amide bonds. The number of carbonyl (C=O) groups excluding carboxylic acids is 2. The van der Waals surface area contributed by atoms with E-state index in [0.29, 0.717) is 6.54 Å². The summed E-state index contributed by atoms with van der Waals surface area (Å²) in [4.78, 5) is 39.1. The number of ether oxygens (including phenoxy) is 1. The molecule has 2 aliphatic rings. The molecule has 0 bridgehead atoms. The predicted octanol–water partition coefficient (Wildman–Crippen LogP) is 4.18. The maximum absolute atomic E-state index is 13.2. The molecule has 4 rings (SSSR count). The molecule has 1 fully saturated rings. The van der Waals surface area contributed by atoms with Crippen molar-refractivity contribution in [3.05, 3.63) is 72.3 Å². The first-order valence-electron chi connectivity index (χ1n) is 11.7. The van der Waals surface area contributed by atoms with Crippen LogP contribution in [0.3, 0.4) is 0 Å². The van der Waals surface area contributed by atoms with Gasteiger partial charge in [-0.25, -0.2) is 9.59 Å². The quantitative estimate of drug-likeness (QED) is 0.602. The van der Waals surface area contributed by atoms with E-state index in [1.54, 1.807) is 0 Å². The number of amides is 2. The van der Waals surface area contributed by atoms with E-state index in [2.05, 4.69) is 24.0 Å². The zero-order valence-corrected chi connectivity index (χ0v) is 19.3. The van der Waals surface area contributed by atoms with Crippen LogP contribution in [0.4, 0.5) is 4.79 Å². The number of hydrogen-bond acceptors (Lipinski definition) is 4. The fourth-order valence-electron chi connectivity index (χ4n) is 5.18. The molecule has 7 heteroatoms. The van der Waals surface area contributed by atoms with Gasteiger partial charge in [0, 0.05) is 12.5 Å². The highest BCUT2D eigenvalue weighted by Crippen LogP contribution is 2.44. The van der Waals surface area contributed by atoms with Crippen molar-refractivity contribution >= 4 is 18.0 Å². The average Bonchev–Trinajstić information content (AvgIpc) is 3.15. The van der Waals surface area contributed by atoms with E-state index in [1.807, 2.05) is 43.3 Å². The normalized spacial score (nSPS) is 20.1. The predicted molar refractivity (Wildman–Crippen MR) is 128 cm³/mol. The van der Waals surface area contributed by atoms with Crippen molar-refractivity contribution in [2.75, 3.05) is 13.2 Å². The van der Waals surface area contributed by atoms with Gasteiger partial charge >= 0.3 is 12.1 Å². The number of aliphatic carboxylic acids is 1. The molecular weight excluding hydrogens is 432 g/mol. The lowest BCUT2D eigenvalue weighted by molar-refractivity contribution is -0.155. The maximum atomic E-state index is 13.2. The van der Waals surface area contributed by atoms with Crippen molar-refractivity contribution in [2.45, 2.75) is 44.2 Å². The molecule has 0 aromatic heterocycles. The molecule has 0 radical (unpaired) electrons. The molecule has 7 nitrogen and oxygen atoms in total. The molecule has 1 aliphatic heterocycles. The van der Waals surface area contributed by atoms with E-state index >= 15 is 0 Å². The van der Waals surface area contributed by atoms with Gasteiger partial charge in [0.15, 0.2) is 0 Å². The van der Waals surface area contributed by atoms with Gasteiger partial charge in [0.05, 0.1) is 0 Å². The lowest BCUT2D eigenvalue weighted by Gasteiger charge is -2.39. The van der Waals surface area contributed by atoms with E-state index in [-0.39, 0.29) is 24.9 Å². The van der Waals surface area contributed by atoms with E-state index in [4.69, 9.17) is 4.74 Å². The zero-order valence-electron chi connectivity index (χ0n) is 19.3. The summed E-state index contributed by atoms with van der Waals surface area (Å²) in [6.45, 7) is 6.00. The molecule has 3 atom stereocenters. The van der Waals surface area contributed by atoms with Crippen molar-refractivity contribution in [3.63, 3.8) is 0 Å². The minimum Gasteiger partial charge on any atom is -0.480 e. The van der Waals surface area contributed by atoms with Gasteiger partial charge < -0.3 is 20.1 Å². The van der Waals surface area contributed by atoms with Crippen molar-refractivity contribution < 1.29 is 24.2 Å². The Morgan fingerprint density at radius 2 is 1.76 bits per heavy atom. The fourth-order valence-corrected chi connectivity index (χ4v) is 5.18. The summed E-state index contributed by atoms with van der Waals surface area (Å²) in [7, 11) is 0. The number of alkyl carbamates (subject to hydrolysis) is 1. The number of fused-ring (bicyclic) bond motifs is 3. The number of benzene rings is 2. The van der Waals surface area contributed by atoms with Crippen molar-refractivity contribution in [2.24, 2.45) is 5.92 Å². The molecular formula is C27H30N2O5. The highest BCUT2D eigenvalue weighted by atomic mass is 16.5.